The second-order valence-electron chi connectivity index (χ2n) is 2.04. The van der Waals surface area contributed by atoms with Crippen molar-refractivity contribution in [1.29, 1.82) is 0 Å². The summed E-state index contributed by atoms with van der Waals surface area (Å²) in [5.41, 5.74) is 0. The Morgan fingerprint density at radius 3 is 2.89 bits per heavy atom. The lowest BCUT2D eigenvalue weighted by molar-refractivity contribution is -0.131. The molecule has 0 saturated carbocycles. The SMILES string of the molecule is O=C1NCC[C@H](Cl)[C@H]1O. The van der Waals surface area contributed by atoms with Gasteiger partial charge < -0.3 is 10.4 Å². The Kier molecular flexibility index (Phi) is 1.93. The number of carbonyl (C=O) groups excluding carboxylic acids is 1. The molecule has 0 bridgehead atoms. The zero-order chi connectivity index (χ0) is 6.85. The van der Waals surface area contributed by atoms with E-state index >= 15 is 0 Å². The molecule has 3 nitrogen and oxygen atoms in total. The van der Waals surface area contributed by atoms with Crippen LogP contribution in [-0.2, 0) is 4.79 Å². The smallest absolute Gasteiger partial charge is 0.250 e. The number of hydrogen-bond acceptors (Lipinski definition) is 2. The molecule has 4 heteroatoms. The van der Waals surface area contributed by atoms with Crippen LogP contribution < -0.4 is 5.32 Å². The second kappa shape index (κ2) is 2.54. The van der Waals surface area contributed by atoms with Gasteiger partial charge in [-0.1, -0.05) is 0 Å². The Bertz CT molecular complexity index is 128. The summed E-state index contributed by atoms with van der Waals surface area (Å²) in [5.74, 6) is -0.360. The van der Waals surface area contributed by atoms with Crippen LogP contribution in [0.1, 0.15) is 6.42 Å². The van der Waals surface area contributed by atoms with E-state index in [-0.39, 0.29) is 5.91 Å². The van der Waals surface area contributed by atoms with E-state index in [1.54, 1.807) is 0 Å². The number of halogens is 1. The minimum Gasteiger partial charge on any atom is -0.382 e. The molecule has 2 atom stereocenters. The summed E-state index contributed by atoms with van der Waals surface area (Å²) >= 11 is 5.55. The first-order chi connectivity index (χ1) is 4.22. The summed E-state index contributed by atoms with van der Waals surface area (Å²) in [6, 6.07) is 0. The normalized spacial score (nSPS) is 36.0. The highest BCUT2D eigenvalue weighted by Gasteiger charge is 2.27. The summed E-state index contributed by atoms with van der Waals surface area (Å²) in [6.07, 6.45) is -0.366. The molecule has 0 aromatic rings. The third-order valence-electron chi connectivity index (χ3n) is 1.33. The predicted molar refractivity (Wildman–Crippen MR) is 33.3 cm³/mol. The Morgan fingerprint density at radius 2 is 2.44 bits per heavy atom. The van der Waals surface area contributed by atoms with E-state index < -0.39 is 11.5 Å². The summed E-state index contributed by atoms with van der Waals surface area (Å²) < 4.78 is 0. The minimum atomic E-state index is -1.01. The second-order valence-corrected chi connectivity index (χ2v) is 2.60. The number of alkyl halides is 1. The molecule has 9 heavy (non-hydrogen) atoms. The fraction of sp³-hybridized carbons (Fsp3) is 0.800. The summed E-state index contributed by atoms with van der Waals surface area (Å²) in [7, 11) is 0. The average Bonchev–Trinajstić information content (AvgIpc) is 1.83. The van der Waals surface area contributed by atoms with E-state index in [0.717, 1.165) is 0 Å². The molecule has 0 unspecified atom stereocenters. The molecule has 1 fully saturated rings. The third kappa shape index (κ3) is 1.34. The highest BCUT2D eigenvalue weighted by atomic mass is 35.5. The molecule has 52 valence electrons. The number of nitrogens with one attached hydrogen (secondary N) is 1. The van der Waals surface area contributed by atoms with E-state index in [1.165, 1.54) is 0 Å². The van der Waals surface area contributed by atoms with Gasteiger partial charge in [0, 0.05) is 6.54 Å². The van der Waals surface area contributed by atoms with Gasteiger partial charge in [-0.15, -0.1) is 11.6 Å². The lowest BCUT2D eigenvalue weighted by Gasteiger charge is -2.21. The Labute approximate surface area is 58.0 Å². The van der Waals surface area contributed by atoms with Crippen molar-refractivity contribution in [2.24, 2.45) is 0 Å². The predicted octanol–water partition coefficient (Wildman–Crippen LogP) is -0.525. The van der Waals surface area contributed by atoms with Crippen LogP contribution in [-0.4, -0.2) is 29.0 Å². The zero-order valence-electron chi connectivity index (χ0n) is 4.80. The van der Waals surface area contributed by atoms with Crippen molar-refractivity contribution < 1.29 is 9.90 Å². The van der Waals surface area contributed by atoms with Gasteiger partial charge in [0.1, 0.15) is 6.10 Å². The van der Waals surface area contributed by atoms with Gasteiger partial charge in [-0.3, -0.25) is 4.79 Å². The van der Waals surface area contributed by atoms with Gasteiger partial charge in [0.15, 0.2) is 0 Å². The van der Waals surface area contributed by atoms with Crippen LogP contribution in [0.3, 0.4) is 0 Å². The molecule has 0 aromatic heterocycles. The molecule has 0 aliphatic carbocycles. The molecule has 1 aliphatic rings. The summed E-state index contributed by atoms with van der Waals surface area (Å²) in [5, 5.41) is 11.0. The van der Waals surface area contributed by atoms with E-state index in [1.807, 2.05) is 0 Å². The molecule has 1 saturated heterocycles. The largest absolute Gasteiger partial charge is 0.382 e. The van der Waals surface area contributed by atoms with E-state index in [9.17, 15) is 4.79 Å². The molecular weight excluding hydrogens is 142 g/mol. The van der Waals surface area contributed by atoms with Crippen LogP contribution in [0.5, 0.6) is 0 Å². The van der Waals surface area contributed by atoms with Gasteiger partial charge in [-0.2, -0.15) is 0 Å². The average molecular weight is 150 g/mol. The number of aliphatic hydroxyl groups excluding tert-OH is 1. The Morgan fingerprint density at radius 1 is 1.78 bits per heavy atom. The molecule has 0 aromatic carbocycles. The lowest BCUT2D eigenvalue weighted by atomic mass is 10.1. The first-order valence-electron chi connectivity index (χ1n) is 2.81. The maximum absolute atomic E-state index is 10.6. The standard InChI is InChI=1S/C5H8ClNO2/c6-3-1-2-7-5(9)4(3)8/h3-4,8H,1-2H2,(H,7,9)/t3-,4+/m0/s1. The van der Waals surface area contributed by atoms with E-state index in [2.05, 4.69) is 5.32 Å². The maximum Gasteiger partial charge on any atom is 0.250 e. The van der Waals surface area contributed by atoms with Crippen molar-refractivity contribution in [3.63, 3.8) is 0 Å². The van der Waals surface area contributed by atoms with Crippen LogP contribution in [0.25, 0.3) is 0 Å². The van der Waals surface area contributed by atoms with Gasteiger partial charge >= 0.3 is 0 Å². The van der Waals surface area contributed by atoms with Crippen LogP contribution in [0.15, 0.2) is 0 Å². The number of piperidine rings is 1. The molecule has 1 heterocycles. The van der Waals surface area contributed by atoms with Crippen molar-refractivity contribution in [3.8, 4) is 0 Å². The van der Waals surface area contributed by atoms with Crippen molar-refractivity contribution >= 4 is 17.5 Å². The molecule has 0 radical (unpaired) electrons. The topological polar surface area (TPSA) is 49.3 Å². The van der Waals surface area contributed by atoms with Crippen LogP contribution >= 0.6 is 11.6 Å². The van der Waals surface area contributed by atoms with Crippen molar-refractivity contribution in [2.75, 3.05) is 6.54 Å². The first kappa shape index (κ1) is 6.83. The Balaban J connectivity index is 2.51. The van der Waals surface area contributed by atoms with Gasteiger partial charge in [0.25, 0.3) is 0 Å². The van der Waals surface area contributed by atoms with Crippen LogP contribution in [0.4, 0.5) is 0 Å². The number of carbonyl (C=O) groups is 1. The molecule has 1 aliphatic heterocycles. The third-order valence-corrected chi connectivity index (χ3v) is 1.79. The first-order valence-corrected chi connectivity index (χ1v) is 3.25. The minimum absolute atomic E-state index is 0.360. The lowest BCUT2D eigenvalue weighted by Crippen LogP contribution is -2.46. The number of hydrogen-bond donors (Lipinski definition) is 2. The van der Waals surface area contributed by atoms with Gasteiger partial charge in [0.2, 0.25) is 5.91 Å². The van der Waals surface area contributed by atoms with E-state index in [0.29, 0.717) is 13.0 Å². The summed E-state index contributed by atoms with van der Waals surface area (Å²) in [4.78, 5) is 10.6. The number of amides is 1. The fourth-order valence-corrected chi connectivity index (χ4v) is 0.983. The molecule has 1 amide bonds. The van der Waals surface area contributed by atoms with Crippen LogP contribution in [0.2, 0.25) is 0 Å². The summed E-state index contributed by atoms with van der Waals surface area (Å²) in [6.45, 7) is 0.573. The van der Waals surface area contributed by atoms with Crippen LogP contribution in [0, 0.1) is 0 Å². The van der Waals surface area contributed by atoms with Gasteiger partial charge in [-0.05, 0) is 6.42 Å². The van der Waals surface area contributed by atoms with Crippen molar-refractivity contribution in [1.82, 2.24) is 5.32 Å². The van der Waals surface area contributed by atoms with Crippen molar-refractivity contribution in [2.45, 2.75) is 17.9 Å². The molecular formula is C5H8ClNO2. The highest BCUT2D eigenvalue weighted by Crippen LogP contribution is 2.10. The molecule has 2 N–H and O–H groups in total. The zero-order valence-corrected chi connectivity index (χ0v) is 5.56. The number of aliphatic hydroxyl groups is 1. The van der Waals surface area contributed by atoms with Gasteiger partial charge in [-0.25, -0.2) is 0 Å². The monoisotopic (exact) mass is 149 g/mol. The molecule has 1 rings (SSSR count). The number of rotatable bonds is 0. The Hall–Kier alpha value is -0.280. The quantitative estimate of drug-likeness (QED) is 0.455. The van der Waals surface area contributed by atoms with Crippen molar-refractivity contribution in [3.05, 3.63) is 0 Å². The van der Waals surface area contributed by atoms with E-state index in [4.69, 9.17) is 16.7 Å². The maximum atomic E-state index is 10.6. The molecule has 0 spiro atoms. The highest BCUT2D eigenvalue weighted by molar-refractivity contribution is 6.22. The fourth-order valence-electron chi connectivity index (χ4n) is 0.760. The van der Waals surface area contributed by atoms with Gasteiger partial charge in [0.05, 0.1) is 5.38 Å².